The minimum absolute atomic E-state index is 0. The van der Waals surface area contributed by atoms with Crippen molar-refractivity contribution in [1.82, 2.24) is 14.7 Å². The van der Waals surface area contributed by atoms with E-state index in [0.29, 0.717) is 0 Å². The summed E-state index contributed by atoms with van der Waals surface area (Å²) in [6.45, 7) is -4.16. The molecule has 28 heavy (non-hydrogen) atoms. The van der Waals surface area contributed by atoms with Crippen LogP contribution in [0.5, 0.6) is 0 Å². The molecule has 0 aliphatic heterocycles. The van der Waals surface area contributed by atoms with E-state index in [1.807, 2.05) is 0 Å². The Morgan fingerprint density at radius 3 is 0.821 bits per heavy atom. The molecule has 14 heteroatoms. The number of rotatable bonds is 16. The number of carbonyl (C=O) groups is 5. The Kier molecular flexibility index (Phi) is 14.7. The van der Waals surface area contributed by atoms with Crippen LogP contribution in [0.15, 0.2) is 0 Å². The number of aliphatic carboxylic acids is 5. The van der Waals surface area contributed by atoms with Gasteiger partial charge in [-0.25, -0.2) is 0 Å². The van der Waals surface area contributed by atoms with E-state index in [9.17, 15) is 49.5 Å². The zero-order chi connectivity index (χ0) is 21.0. The van der Waals surface area contributed by atoms with Crippen LogP contribution in [0, 0.1) is 0 Å². The van der Waals surface area contributed by atoms with Crippen molar-refractivity contribution in [3.8, 4) is 0 Å². The van der Waals surface area contributed by atoms with Gasteiger partial charge in [0.25, 0.3) is 0 Å². The summed E-state index contributed by atoms with van der Waals surface area (Å²) in [6.07, 6.45) is 0. The number of carbonyl (C=O) groups excluding carboxylic acids is 5. The Morgan fingerprint density at radius 2 is 0.607 bits per heavy atom. The first-order valence-electron chi connectivity index (χ1n) is 7.66. The van der Waals surface area contributed by atoms with Gasteiger partial charge in [0.1, 0.15) is 0 Å². The molecule has 0 unspecified atom stereocenters. The fraction of sp³-hybridized carbons (Fsp3) is 0.643. The van der Waals surface area contributed by atoms with Gasteiger partial charge < -0.3 is 49.5 Å². The number of nitrogens with zero attached hydrogens (tertiary/aromatic N) is 3. The summed E-state index contributed by atoms with van der Waals surface area (Å²) < 4.78 is 0. The second kappa shape index (κ2) is 14.8. The predicted molar refractivity (Wildman–Crippen MR) is 74.4 cm³/mol. The molecule has 0 aliphatic carbocycles. The second-order valence-electron chi connectivity index (χ2n) is 5.56. The predicted octanol–water partition coefficient (Wildman–Crippen LogP) is -9.36. The van der Waals surface area contributed by atoms with E-state index in [0.717, 1.165) is 9.80 Å². The summed E-state index contributed by atoms with van der Waals surface area (Å²) in [4.78, 5) is 56.4. The minimum atomic E-state index is -1.54. The largest absolute Gasteiger partial charge is 2.00 e. The van der Waals surface area contributed by atoms with Crippen LogP contribution < -0.4 is 25.5 Å². The van der Waals surface area contributed by atoms with Crippen molar-refractivity contribution in [2.24, 2.45) is 0 Å². The molecule has 0 saturated carbocycles. The van der Waals surface area contributed by atoms with Crippen molar-refractivity contribution < 1.29 is 66.6 Å². The molecular formula is C14H18CuN3O10-3. The Hall–Kier alpha value is -2.25. The van der Waals surface area contributed by atoms with Crippen LogP contribution in [0.3, 0.4) is 0 Å². The van der Waals surface area contributed by atoms with E-state index in [1.165, 1.54) is 4.90 Å². The zero-order valence-corrected chi connectivity index (χ0v) is 15.5. The standard InChI is InChI=1S/C14H23N3O10.Cu/c18-10(19)5-15(1-3-16(6-11(20)21)7-12(22)23)2-4-17(8-13(24)25)9-14(26)27;/h1-9H2,(H,18,19)(H,20,21)(H,22,23)(H,24,25)(H,26,27);/q;+2/p-5. The van der Waals surface area contributed by atoms with Crippen molar-refractivity contribution in [3.05, 3.63) is 0 Å². The molecule has 0 aromatic rings. The van der Waals surface area contributed by atoms with E-state index in [-0.39, 0.29) is 43.2 Å². The summed E-state index contributed by atoms with van der Waals surface area (Å²) in [5.41, 5.74) is 0. The summed E-state index contributed by atoms with van der Waals surface area (Å²) in [6, 6.07) is 0. The zero-order valence-electron chi connectivity index (χ0n) is 14.6. The summed E-state index contributed by atoms with van der Waals surface area (Å²) in [7, 11) is 0. The SMILES string of the molecule is O=C([O-])CN(CCN(CC(=O)[O-])CC(=O)[O-])CCN(CC(=O)[O-])CC(=O)[O-].[Cu+2]. The van der Waals surface area contributed by atoms with Gasteiger partial charge in [0.2, 0.25) is 0 Å². The molecule has 0 aromatic carbocycles. The molecule has 0 aliphatic rings. The Balaban J connectivity index is 0. The molecule has 0 fully saturated rings. The van der Waals surface area contributed by atoms with Gasteiger partial charge in [-0.1, -0.05) is 0 Å². The fourth-order valence-corrected chi connectivity index (χ4v) is 2.18. The first-order valence-corrected chi connectivity index (χ1v) is 7.66. The molecule has 0 amide bonds. The molecular weight excluding hydrogens is 434 g/mol. The number of hydrogen-bond acceptors (Lipinski definition) is 13. The minimum Gasteiger partial charge on any atom is -0.549 e. The van der Waals surface area contributed by atoms with Gasteiger partial charge >= 0.3 is 17.1 Å². The van der Waals surface area contributed by atoms with Gasteiger partial charge in [0.05, 0.1) is 29.8 Å². The maximum absolute atomic E-state index is 10.8. The van der Waals surface area contributed by atoms with Gasteiger partial charge in [-0.3, -0.25) is 14.7 Å². The molecule has 0 rings (SSSR count). The molecule has 13 nitrogen and oxygen atoms in total. The van der Waals surface area contributed by atoms with Gasteiger partial charge in [0.15, 0.2) is 0 Å². The van der Waals surface area contributed by atoms with Crippen molar-refractivity contribution in [1.29, 1.82) is 0 Å². The normalized spacial score (nSPS) is 10.7. The van der Waals surface area contributed by atoms with E-state index in [1.54, 1.807) is 0 Å². The van der Waals surface area contributed by atoms with Crippen LogP contribution in [0.2, 0.25) is 0 Å². The number of hydrogen-bond donors (Lipinski definition) is 0. The third-order valence-corrected chi connectivity index (χ3v) is 3.23. The Labute approximate surface area is 170 Å². The molecule has 163 valence electrons. The molecule has 0 atom stereocenters. The van der Waals surface area contributed by atoms with Crippen molar-refractivity contribution >= 4 is 29.8 Å². The van der Waals surface area contributed by atoms with Crippen LogP contribution in [0.25, 0.3) is 0 Å². The average Bonchev–Trinajstić information content (AvgIpc) is 2.46. The van der Waals surface area contributed by atoms with Crippen LogP contribution in [0.1, 0.15) is 0 Å². The van der Waals surface area contributed by atoms with E-state index < -0.39 is 62.6 Å². The van der Waals surface area contributed by atoms with Crippen molar-refractivity contribution in [3.63, 3.8) is 0 Å². The topological polar surface area (TPSA) is 210 Å². The third kappa shape index (κ3) is 16.0. The van der Waals surface area contributed by atoms with Crippen LogP contribution in [-0.4, -0.2) is 103 Å². The first kappa shape index (κ1) is 28.0. The summed E-state index contributed by atoms with van der Waals surface area (Å²) in [5.74, 6) is -7.67. The first-order chi connectivity index (χ1) is 12.5. The van der Waals surface area contributed by atoms with Gasteiger partial charge in [-0.05, 0) is 0 Å². The monoisotopic (exact) mass is 451 g/mol. The van der Waals surface area contributed by atoms with E-state index in [2.05, 4.69) is 0 Å². The summed E-state index contributed by atoms with van der Waals surface area (Å²) in [5, 5.41) is 53.3. The maximum Gasteiger partial charge on any atom is 2.00 e. The van der Waals surface area contributed by atoms with Crippen LogP contribution >= 0.6 is 0 Å². The van der Waals surface area contributed by atoms with E-state index in [4.69, 9.17) is 0 Å². The fourth-order valence-electron chi connectivity index (χ4n) is 2.18. The second-order valence-corrected chi connectivity index (χ2v) is 5.56. The third-order valence-electron chi connectivity index (χ3n) is 3.23. The maximum atomic E-state index is 10.8. The number of carboxylic acids is 5. The Bertz CT molecular complexity index is 487. The number of carboxylic acid groups (broad SMARTS) is 5. The van der Waals surface area contributed by atoms with Gasteiger partial charge in [-0.2, -0.15) is 0 Å². The van der Waals surface area contributed by atoms with Crippen LogP contribution in [-0.2, 0) is 41.0 Å². The molecule has 0 saturated heterocycles. The summed E-state index contributed by atoms with van der Waals surface area (Å²) >= 11 is 0. The quantitative estimate of drug-likeness (QED) is 0.200. The van der Waals surface area contributed by atoms with Gasteiger partial charge in [0, 0.05) is 58.9 Å². The van der Waals surface area contributed by atoms with E-state index >= 15 is 0 Å². The van der Waals surface area contributed by atoms with Gasteiger partial charge in [-0.15, -0.1) is 0 Å². The molecule has 0 aromatic heterocycles. The average molecular weight is 452 g/mol. The molecule has 0 spiro atoms. The Morgan fingerprint density at radius 1 is 0.429 bits per heavy atom. The van der Waals surface area contributed by atoms with Crippen molar-refractivity contribution in [2.45, 2.75) is 0 Å². The molecule has 0 bridgehead atoms. The molecule has 0 heterocycles. The smallest absolute Gasteiger partial charge is 0.549 e. The molecule has 1 radical (unpaired) electrons. The van der Waals surface area contributed by atoms with Crippen LogP contribution in [0.4, 0.5) is 0 Å². The van der Waals surface area contributed by atoms with Crippen molar-refractivity contribution in [2.75, 3.05) is 58.9 Å². The molecule has 0 N–H and O–H groups in total.